The number of carbonyl (C=O) groups is 1. The summed E-state index contributed by atoms with van der Waals surface area (Å²) in [6, 6.07) is 6.13. The Bertz CT molecular complexity index is 1190. The van der Waals surface area contributed by atoms with E-state index in [1.165, 1.54) is 5.56 Å². The molecule has 1 aliphatic heterocycles. The molecule has 1 aromatic carbocycles. The molecule has 6 atom stereocenters. The van der Waals surface area contributed by atoms with Crippen LogP contribution in [0.1, 0.15) is 79.8 Å². The lowest BCUT2D eigenvalue weighted by Crippen LogP contribution is -2.51. The van der Waals surface area contributed by atoms with Crippen molar-refractivity contribution in [2.45, 2.75) is 87.9 Å². The summed E-state index contributed by atoms with van der Waals surface area (Å²) in [7, 11) is 0. The number of halogens is 3. The minimum Gasteiger partial charge on any atom is -0.390 e. The molecule has 0 bridgehead atoms. The number of carbonyl (C=O) groups excluding carboxylic acids is 1. The largest absolute Gasteiger partial charge is 0.390 e. The Morgan fingerprint density at radius 1 is 1.18 bits per heavy atom. The Morgan fingerprint density at radius 2 is 2.03 bits per heavy atom. The molecule has 3 aliphatic carbocycles. The molecule has 2 unspecified atom stereocenters. The van der Waals surface area contributed by atoms with Gasteiger partial charge in [0.05, 0.1) is 11.6 Å². The Balaban J connectivity index is 1.37. The average molecular weight is 541 g/mol. The minimum atomic E-state index is -4.27. The zero-order valence-corrected chi connectivity index (χ0v) is 22.6. The van der Waals surface area contributed by atoms with Crippen molar-refractivity contribution in [2.24, 2.45) is 22.7 Å². The van der Waals surface area contributed by atoms with Gasteiger partial charge >= 0.3 is 6.18 Å². The number of alkyl halides is 3. The van der Waals surface area contributed by atoms with Gasteiger partial charge in [0.15, 0.2) is 0 Å². The van der Waals surface area contributed by atoms with Gasteiger partial charge in [-0.15, -0.1) is 0 Å². The Morgan fingerprint density at radius 3 is 2.77 bits per heavy atom. The zero-order valence-electron chi connectivity index (χ0n) is 22.6. The van der Waals surface area contributed by atoms with Crippen molar-refractivity contribution >= 4 is 12.1 Å². The number of hydrogen-bond acceptors (Lipinski definition) is 3. The molecule has 39 heavy (non-hydrogen) atoms. The smallest absolute Gasteiger partial charge is 0.389 e. The van der Waals surface area contributed by atoms with Gasteiger partial charge in [-0.1, -0.05) is 36.4 Å². The van der Waals surface area contributed by atoms with Gasteiger partial charge in [0.25, 0.3) is 5.91 Å². The first-order valence-electron chi connectivity index (χ1n) is 14.3. The summed E-state index contributed by atoms with van der Waals surface area (Å²) in [6.07, 6.45) is 13.7. The summed E-state index contributed by atoms with van der Waals surface area (Å²) in [5.74, 6) is 0.517. The van der Waals surface area contributed by atoms with Crippen LogP contribution in [0.2, 0.25) is 0 Å². The molecule has 1 fully saturated rings. The van der Waals surface area contributed by atoms with Gasteiger partial charge < -0.3 is 10.4 Å². The number of dihydropyridines is 1. The maximum atomic E-state index is 13.1. The fourth-order valence-electron chi connectivity index (χ4n) is 7.34. The van der Waals surface area contributed by atoms with E-state index in [0.29, 0.717) is 37.3 Å². The lowest BCUT2D eigenvalue weighted by Gasteiger charge is -2.54. The standard InChI is InChI=1S/C32H39F3N2O2/c1-22-26(8-5-17-36-22)21-37-29(38)25-10-12-28-24(18-25)9-11-27-20-30(39,14-16-32(33,34)35)13-15-31(27,28)19-23-6-3-2-4-7-23/h2-6,8,10,12,17-18,22-23,26-27,39H,7,9,11,13-16,19-21H2,1H3,(H,37,38)/t22?,23-,26?,27+,30-,31-/m0/s1. The molecule has 0 spiro atoms. The molecule has 4 nitrogen and oxygen atoms in total. The van der Waals surface area contributed by atoms with E-state index in [4.69, 9.17) is 0 Å². The summed E-state index contributed by atoms with van der Waals surface area (Å²) in [6.45, 7) is 2.56. The molecule has 5 rings (SSSR count). The highest BCUT2D eigenvalue weighted by molar-refractivity contribution is 5.94. The van der Waals surface area contributed by atoms with E-state index in [1.54, 1.807) is 6.21 Å². The van der Waals surface area contributed by atoms with Crippen LogP contribution in [0.15, 0.2) is 59.6 Å². The molecule has 1 aromatic rings. The maximum absolute atomic E-state index is 13.1. The van der Waals surface area contributed by atoms with Crippen LogP contribution < -0.4 is 5.32 Å². The van der Waals surface area contributed by atoms with Gasteiger partial charge in [-0.3, -0.25) is 9.79 Å². The molecule has 1 saturated carbocycles. The van der Waals surface area contributed by atoms with Crippen molar-refractivity contribution in [3.05, 3.63) is 71.3 Å². The van der Waals surface area contributed by atoms with Crippen molar-refractivity contribution in [3.8, 4) is 0 Å². The molecular weight excluding hydrogens is 501 g/mol. The van der Waals surface area contributed by atoms with Crippen LogP contribution in [-0.2, 0) is 11.8 Å². The summed E-state index contributed by atoms with van der Waals surface area (Å²) in [5.41, 5.74) is 1.52. The van der Waals surface area contributed by atoms with Gasteiger partial charge in [0.2, 0.25) is 0 Å². The second-order valence-electron chi connectivity index (χ2n) is 12.1. The van der Waals surface area contributed by atoms with E-state index < -0.39 is 18.2 Å². The molecule has 4 aliphatic rings. The summed E-state index contributed by atoms with van der Waals surface area (Å²) in [5, 5.41) is 14.3. The van der Waals surface area contributed by atoms with Crippen LogP contribution in [0.4, 0.5) is 13.2 Å². The number of allylic oxidation sites excluding steroid dienone is 5. The third-order valence-electron chi connectivity index (χ3n) is 9.56. The first-order chi connectivity index (χ1) is 18.6. The third-order valence-corrected chi connectivity index (χ3v) is 9.56. The monoisotopic (exact) mass is 540 g/mol. The van der Waals surface area contributed by atoms with Crippen molar-refractivity contribution in [3.63, 3.8) is 0 Å². The predicted octanol–water partition coefficient (Wildman–Crippen LogP) is 6.64. The number of aliphatic hydroxyl groups is 1. The van der Waals surface area contributed by atoms with E-state index in [2.05, 4.69) is 46.8 Å². The SMILES string of the molecule is CC1N=CC=CC1CNC(=O)c1ccc2c(c1)CC[C@@H]1C[C@@](O)(CCC(F)(F)F)CC[C@@]21C[C@H]1C=CC=CC1. The highest BCUT2D eigenvalue weighted by atomic mass is 19.4. The highest BCUT2D eigenvalue weighted by Crippen LogP contribution is 2.57. The lowest BCUT2D eigenvalue weighted by atomic mass is 9.51. The molecule has 2 N–H and O–H groups in total. The molecular formula is C32H39F3N2O2. The number of fused-ring (bicyclic) bond motifs is 3. The molecule has 210 valence electrons. The molecule has 0 radical (unpaired) electrons. The van der Waals surface area contributed by atoms with Gasteiger partial charge in [0, 0.05) is 30.7 Å². The number of aliphatic imine (C=N–C) groups is 1. The average Bonchev–Trinajstić information content (AvgIpc) is 2.92. The number of nitrogens with zero attached hydrogens (tertiary/aromatic N) is 1. The normalized spacial score (nSPS) is 33.5. The molecule has 1 amide bonds. The van der Waals surface area contributed by atoms with Crippen LogP contribution in [0.3, 0.4) is 0 Å². The van der Waals surface area contributed by atoms with E-state index >= 15 is 0 Å². The first-order valence-corrected chi connectivity index (χ1v) is 14.3. The van der Waals surface area contributed by atoms with Crippen LogP contribution in [0.25, 0.3) is 0 Å². The van der Waals surface area contributed by atoms with Gasteiger partial charge in [-0.05, 0) is 105 Å². The van der Waals surface area contributed by atoms with Crippen molar-refractivity contribution in [1.29, 1.82) is 0 Å². The van der Waals surface area contributed by atoms with Crippen molar-refractivity contribution in [1.82, 2.24) is 5.32 Å². The van der Waals surface area contributed by atoms with Gasteiger partial charge in [-0.2, -0.15) is 13.2 Å². The summed E-state index contributed by atoms with van der Waals surface area (Å²) >= 11 is 0. The second-order valence-corrected chi connectivity index (χ2v) is 12.1. The minimum absolute atomic E-state index is 0.102. The van der Waals surface area contributed by atoms with E-state index in [9.17, 15) is 23.1 Å². The quantitative estimate of drug-likeness (QED) is 0.407. The highest BCUT2D eigenvalue weighted by Gasteiger charge is 2.52. The van der Waals surface area contributed by atoms with E-state index in [-0.39, 0.29) is 35.6 Å². The number of hydrogen-bond donors (Lipinski definition) is 2. The van der Waals surface area contributed by atoms with Gasteiger partial charge in [0.1, 0.15) is 0 Å². The Kier molecular flexibility index (Phi) is 7.91. The molecule has 0 aromatic heterocycles. The Hall–Kier alpha value is -2.67. The number of benzene rings is 1. The maximum Gasteiger partial charge on any atom is 0.389 e. The number of nitrogens with one attached hydrogen (secondary N) is 1. The molecule has 7 heteroatoms. The van der Waals surface area contributed by atoms with Crippen LogP contribution >= 0.6 is 0 Å². The summed E-state index contributed by atoms with van der Waals surface area (Å²) < 4.78 is 39.0. The fraction of sp³-hybridized carbons (Fsp3) is 0.562. The van der Waals surface area contributed by atoms with Gasteiger partial charge in [-0.25, -0.2) is 0 Å². The number of amides is 1. The van der Waals surface area contributed by atoms with E-state index in [1.807, 2.05) is 25.1 Å². The lowest BCUT2D eigenvalue weighted by molar-refractivity contribution is -0.154. The van der Waals surface area contributed by atoms with E-state index in [0.717, 1.165) is 31.2 Å². The second kappa shape index (κ2) is 11.1. The molecule has 1 heterocycles. The van der Waals surface area contributed by atoms with Crippen molar-refractivity contribution in [2.75, 3.05) is 6.54 Å². The zero-order chi connectivity index (χ0) is 27.7. The predicted molar refractivity (Wildman–Crippen MR) is 148 cm³/mol. The van der Waals surface area contributed by atoms with Crippen LogP contribution in [-0.4, -0.2) is 41.6 Å². The Labute approximate surface area is 229 Å². The number of aryl methyl sites for hydroxylation is 1. The number of rotatable bonds is 7. The molecule has 0 saturated heterocycles. The summed E-state index contributed by atoms with van der Waals surface area (Å²) in [4.78, 5) is 17.5. The topological polar surface area (TPSA) is 61.7 Å². The third kappa shape index (κ3) is 6.24. The van der Waals surface area contributed by atoms with Crippen LogP contribution in [0.5, 0.6) is 0 Å². The van der Waals surface area contributed by atoms with Crippen molar-refractivity contribution < 1.29 is 23.1 Å². The fourth-order valence-corrected chi connectivity index (χ4v) is 7.34. The first kappa shape index (κ1) is 27.9. The van der Waals surface area contributed by atoms with Crippen LogP contribution in [0, 0.1) is 17.8 Å².